The van der Waals surface area contributed by atoms with Gasteiger partial charge in [-0.3, -0.25) is 4.79 Å². The normalized spacial score (nSPS) is 19.5. The molecule has 2 atom stereocenters. The van der Waals surface area contributed by atoms with Gasteiger partial charge in [-0.15, -0.1) is 0 Å². The molecule has 0 aromatic heterocycles. The molecule has 0 radical (unpaired) electrons. The van der Waals surface area contributed by atoms with Crippen molar-refractivity contribution in [2.24, 2.45) is 17.1 Å². The molecule has 1 fully saturated rings. The fourth-order valence-electron chi connectivity index (χ4n) is 2.93. The maximum absolute atomic E-state index is 12.5. The molecule has 3 N–H and O–H groups in total. The molecule has 1 aliphatic heterocycles. The highest BCUT2D eigenvalue weighted by molar-refractivity contribution is 6.30. The van der Waals surface area contributed by atoms with E-state index in [4.69, 9.17) is 17.3 Å². The van der Waals surface area contributed by atoms with E-state index in [-0.39, 0.29) is 17.2 Å². The number of nitrogens with two attached hydrogens (primary N) is 1. The van der Waals surface area contributed by atoms with Crippen LogP contribution in [0.5, 0.6) is 0 Å². The number of rotatable bonds is 3. The summed E-state index contributed by atoms with van der Waals surface area (Å²) in [5, 5.41) is 11.2. The van der Waals surface area contributed by atoms with Gasteiger partial charge in [0.2, 0.25) is 5.91 Å². The molecule has 2 rings (SSSR count). The maximum atomic E-state index is 12.5. The van der Waals surface area contributed by atoms with Crippen LogP contribution in [0.2, 0.25) is 5.02 Å². The molecule has 1 aromatic rings. The van der Waals surface area contributed by atoms with Gasteiger partial charge in [0.1, 0.15) is 0 Å². The summed E-state index contributed by atoms with van der Waals surface area (Å²) in [6.07, 6.45) is 1.06. The highest BCUT2D eigenvalue weighted by Gasteiger charge is 2.34. The lowest BCUT2D eigenvalue weighted by molar-refractivity contribution is -0.137. The number of hydrogen-bond acceptors (Lipinski definition) is 3. The van der Waals surface area contributed by atoms with Gasteiger partial charge in [-0.25, -0.2) is 0 Å². The van der Waals surface area contributed by atoms with Crippen molar-refractivity contribution in [3.63, 3.8) is 0 Å². The zero-order chi connectivity index (χ0) is 17.2. The highest BCUT2D eigenvalue weighted by Crippen LogP contribution is 2.32. The first kappa shape index (κ1) is 18.2. The minimum Gasteiger partial charge on any atom is -0.388 e. The zero-order valence-corrected chi connectivity index (χ0v) is 14.9. The molecule has 23 heavy (non-hydrogen) atoms. The Hall–Kier alpha value is -1.10. The molecule has 1 aromatic carbocycles. The Bertz CT molecular complexity index is 531. The van der Waals surface area contributed by atoms with E-state index in [1.54, 1.807) is 12.1 Å². The first-order valence-corrected chi connectivity index (χ1v) is 8.56. The SMILES string of the molecule is CC(C)(C)[C@H](N)C(=O)N1CCC(C(O)c2ccc(Cl)cc2)CC1. The molecule has 4 nitrogen and oxygen atoms in total. The second-order valence-electron chi connectivity index (χ2n) is 7.50. The van der Waals surface area contributed by atoms with Crippen LogP contribution < -0.4 is 5.73 Å². The molecule has 1 heterocycles. The van der Waals surface area contributed by atoms with E-state index in [1.807, 2.05) is 37.8 Å². The van der Waals surface area contributed by atoms with Crippen LogP contribution in [0, 0.1) is 11.3 Å². The van der Waals surface area contributed by atoms with Gasteiger partial charge in [0.05, 0.1) is 12.1 Å². The Morgan fingerprint density at radius 2 is 1.78 bits per heavy atom. The molecule has 1 aliphatic rings. The maximum Gasteiger partial charge on any atom is 0.240 e. The number of aliphatic hydroxyl groups is 1. The third kappa shape index (κ3) is 4.46. The van der Waals surface area contributed by atoms with E-state index < -0.39 is 12.1 Å². The Labute approximate surface area is 143 Å². The van der Waals surface area contributed by atoms with E-state index in [0.717, 1.165) is 18.4 Å². The summed E-state index contributed by atoms with van der Waals surface area (Å²) in [7, 11) is 0. The average molecular weight is 339 g/mol. The zero-order valence-electron chi connectivity index (χ0n) is 14.1. The van der Waals surface area contributed by atoms with Gasteiger partial charge in [-0.1, -0.05) is 44.5 Å². The van der Waals surface area contributed by atoms with Crippen LogP contribution in [0.15, 0.2) is 24.3 Å². The Morgan fingerprint density at radius 3 is 2.26 bits per heavy atom. The summed E-state index contributed by atoms with van der Waals surface area (Å²) in [6, 6.07) is 6.82. The minimum atomic E-state index is -0.513. The molecular weight excluding hydrogens is 312 g/mol. The second kappa shape index (κ2) is 7.20. The Morgan fingerprint density at radius 1 is 1.26 bits per heavy atom. The van der Waals surface area contributed by atoms with E-state index in [1.165, 1.54) is 0 Å². The number of carbonyl (C=O) groups is 1. The van der Waals surface area contributed by atoms with Crippen LogP contribution in [0.1, 0.15) is 45.3 Å². The standard InChI is InChI=1S/C18H27ClN2O2/c1-18(2,3)16(20)17(23)21-10-8-13(9-11-21)15(22)12-4-6-14(19)7-5-12/h4-7,13,15-16,22H,8-11,20H2,1-3H3/t15?,16-/m1/s1. The highest BCUT2D eigenvalue weighted by atomic mass is 35.5. The summed E-state index contributed by atoms with van der Waals surface area (Å²) in [4.78, 5) is 14.3. The van der Waals surface area contributed by atoms with Crippen molar-refractivity contribution in [2.75, 3.05) is 13.1 Å². The van der Waals surface area contributed by atoms with Gasteiger partial charge in [0.25, 0.3) is 0 Å². The molecule has 0 aliphatic carbocycles. The summed E-state index contributed by atoms with van der Waals surface area (Å²) in [5.74, 6) is 0.169. The number of aliphatic hydroxyl groups excluding tert-OH is 1. The lowest BCUT2D eigenvalue weighted by Gasteiger charge is -2.37. The number of carbonyl (C=O) groups excluding carboxylic acids is 1. The van der Waals surface area contributed by atoms with E-state index in [2.05, 4.69) is 0 Å². The van der Waals surface area contributed by atoms with E-state index in [0.29, 0.717) is 18.1 Å². The minimum absolute atomic E-state index is 0.0110. The van der Waals surface area contributed by atoms with Gasteiger partial charge in [-0.05, 0) is 41.9 Å². The molecule has 1 unspecified atom stereocenters. The fraction of sp³-hybridized carbons (Fsp3) is 0.611. The molecule has 128 valence electrons. The molecule has 1 amide bonds. The van der Waals surface area contributed by atoms with E-state index >= 15 is 0 Å². The number of hydrogen-bond donors (Lipinski definition) is 2. The second-order valence-corrected chi connectivity index (χ2v) is 7.94. The predicted octanol–water partition coefficient (Wildman–Crippen LogP) is 2.99. The third-order valence-electron chi connectivity index (χ3n) is 4.71. The molecular formula is C18H27ClN2O2. The predicted molar refractivity (Wildman–Crippen MR) is 93.1 cm³/mol. The van der Waals surface area contributed by atoms with Gasteiger partial charge in [0.15, 0.2) is 0 Å². The summed E-state index contributed by atoms with van der Waals surface area (Å²) in [6.45, 7) is 7.24. The molecule has 0 saturated carbocycles. The van der Waals surface area contributed by atoms with Gasteiger partial charge >= 0.3 is 0 Å². The van der Waals surface area contributed by atoms with Crippen molar-refractivity contribution in [2.45, 2.75) is 45.8 Å². The largest absolute Gasteiger partial charge is 0.388 e. The third-order valence-corrected chi connectivity index (χ3v) is 4.96. The number of likely N-dealkylation sites (tertiary alicyclic amines) is 1. The number of piperidine rings is 1. The van der Waals surface area contributed by atoms with Crippen LogP contribution in [0.3, 0.4) is 0 Å². The molecule has 0 bridgehead atoms. The molecule has 0 spiro atoms. The smallest absolute Gasteiger partial charge is 0.240 e. The lowest BCUT2D eigenvalue weighted by atomic mass is 9.84. The monoisotopic (exact) mass is 338 g/mol. The van der Waals surface area contributed by atoms with Crippen LogP contribution in [0.4, 0.5) is 0 Å². The average Bonchev–Trinajstić information content (AvgIpc) is 2.53. The van der Waals surface area contributed by atoms with Crippen molar-refractivity contribution >= 4 is 17.5 Å². The quantitative estimate of drug-likeness (QED) is 0.890. The summed E-state index contributed by atoms with van der Waals surface area (Å²) in [5.41, 5.74) is 6.71. The number of halogens is 1. The van der Waals surface area contributed by atoms with Gasteiger partial charge < -0.3 is 15.7 Å². The van der Waals surface area contributed by atoms with Gasteiger partial charge in [-0.2, -0.15) is 0 Å². The van der Waals surface area contributed by atoms with E-state index in [9.17, 15) is 9.90 Å². The van der Waals surface area contributed by atoms with Crippen LogP contribution >= 0.6 is 11.6 Å². The fourth-order valence-corrected chi connectivity index (χ4v) is 3.06. The summed E-state index contributed by atoms with van der Waals surface area (Å²) >= 11 is 5.88. The van der Waals surface area contributed by atoms with Crippen molar-refractivity contribution in [1.29, 1.82) is 0 Å². The Kier molecular flexibility index (Phi) is 5.71. The Balaban J connectivity index is 1.93. The first-order valence-electron chi connectivity index (χ1n) is 8.18. The van der Waals surface area contributed by atoms with Crippen molar-refractivity contribution in [1.82, 2.24) is 4.90 Å². The van der Waals surface area contributed by atoms with Crippen LogP contribution in [0.25, 0.3) is 0 Å². The number of benzene rings is 1. The first-order chi connectivity index (χ1) is 10.7. The van der Waals surface area contributed by atoms with Gasteiger partial charge in [0, 0.05) is 18.1 Å². The topological polar surface area (TPSA) is 66.6 Å². The molecule has 5 heteroatoms. The summed E-state index contributed by atoms with van der Waals surface area (Å²) < 4.78 is 0. The molecule has 1 saturated heterocycles. The van der Waals surface area contributed by atoms with Crippen molar-refractivity contribution < 1.29 is 9.90 Å². The van der Waals surface area contributed by atoms with Crippen molar-refractivity contribution in [3.8, 4) is 0 Å². The number of amides is 1. The lowest BCUT2D eigenvalue weighted by Crippen LogP contribution is -2.52. The van der Waals surface area contributed by atoms with Crippen LogP contribution in [-0.2, 0) is 4.79 Å². The number of nitrogens with zero attached hydrogens (tertiary/aromatic N) is 1. The van der Waals surface area contributed by atoms with Crippen molar-refractivity contribution in [3.05, 3.63) is 34.9 Å². The van der Waals surface area contributed by atoms with Crippen LogP contribution in [-0.4, -0.2) is 35.0 Å².